The highest BCUT2D eigenvalue weighted by molar-refractivity contribution is 5.87. The summed E-state index contributed by atoms with van der Waals surface area (Å²) in [6.45, 7) is 2.44. The molecule has 0 radical (unpaired) electrons. The van der Waals surface area contributed by atoms with Crippen LogP contribution in [0.2, 0.25) is 0 Å². The summed E-state index contributed by atoms with van der Waals surface area (Å²) < 4.78 is 7.44. The van der Waals surface area contributed by atoms with Crippen LogP contribution in [0.15, 0.2) is 40.7 Å². The Morgan fingerprint density at radius 3 is 2.81 bits per heavy atom. The number of rotatable bonds is 6. The van der Waals surface area contributed by atoms with Gasteiger partial charge in [0.2, 0.25) is 0 Å². The van der Waals surface area contributed by atoms with Crippen LogP contribution in [0.25, 0.3) is 11.2 Å². The predicted octanol–water partition coefficient (Wildman–Crippen LogP) is 4.02. The molecule has 2 fully saturated rings. The van der Waals surface area contributed by atoms with E-state index in [9.17, 15) is 9.59 Å². The number of imidazole rings is 1. The topological polar surface area (TPSA) is 110 Å². The van der Waals surface area contributed by atoms with E-state index >= 15 is 0 Å². The minimum absolute atomic E-state index is 0.0655. The molecule has 32 heavy (non-hydrogen) atoms. The predicted molar refractivity (Wildman–Crippen MR) is 117 cm³/mol. The number of allylic oxidation sites excluding steroid dienone is 2. The van der Waals surface area contributed by atoms with Gasteiger partial charge >= 0.3 is 12.0 Å². The highest BCUT2D eigenvalue weighted by atomic mass is 16.5. The highest BCUT2D eigenvalue weighted by Gasteiger charge is 2.55. The van der Waals surface area contributed by atoms with Gasteiger partial charge in [-0.2, -0.15) is 4.98 Å². The van der Waals surface area contributed by atoms with E-state index in [1.807, 2.05) is 6.92 Å². The van der Waals surface area contributed by atoms with Crippen molar-refractivity contribution in [2.75, 3.05) is 0 Å². The number of carbonyl (C=O) groups is 1. The second kappa shape index (κ2) is 6.79. The van der Waals surface area contributed by atoms with Crippen molar-refractivity contribution in [3.63, 3.8) is 0 Å². The fourth-order valence-electron chi connectivity index (χ4n) is 5.99. The van der Waals surface area contributed by atoms with Gasteiger partial charge in [0.15, 0.2) is 11.2 Å². The van der Waals surface area contributed by atoms with Crippen molar-refractivity contribution in [3.8, 4) is 11.8 Å². The van der Waals surface area contributed by atoms with E-state index in [2.05, 4.69) is 16.0 Å². The van der Waals surface area contributed by atoms with Crippen molar-refractivity contribution in [3.05, 3.63) is 57.7 Å². The molecule has 0 spiro atoms. The standard InChI is InChI=1S/C24H24N4O4/c1-2-7-28-20(29)18-19(27-23(28)32-17-5-3-15(4-6-17)21(30)31)26-22(25-18)24-11-13-8-14(12-24)10-16(24)9-13/h3-6,9,13-14H,2,7-8,10-12H2,1H3,(H,25,26)(H,30,31). The molecule has 2 heterocycles. The maximum absolute atomic E-state index is 13.3. The average Bonchev–Trinajstić information content (AvgIpc) is 3.38. The first-order valence-corrected chi connectivity index (χ1v) is 11.2. The summed E-state index contributed by atoms with van der Waals surface area (Å²) in [5.41, 5.74) is 2.17. The number of carboxylic acids is 1. The van der Waals surface area contributed by atoms with Gasteiger partial charge in [0.1, 0.15) is 11.6 Å². The Bertz CT molecular complexity index is 1340. The monoisotopic (exact) mass is 432 g/mol. The molecule has 0 aliphatic heterocycles. The van der Waals surface area contributed by atoms with Crippen molar-refractivity contribution < 1.29 is 14.6 Å². The van der Waals surface area contributed by atoms with Crippen LogP contribution in [0, 0.1) is 11.8 Å². The Morgan fingerprint density at radius 1 is 1.28 bits per heavy atom. The van der Waals surface area contributed by atoms with Crippen molar-refractivity contribution in [1.82, 2.24) is 19.5 Å². The normalized spacial score (nSPS) is 25.5. The molecule has 4 aliphatic carbocycles. The number of nitrogens with one attached hydrogen (secondary N) is 1. The minimum Gasteiger partial charge on any atom is -0.478 e. The molecule has 4 bridgehead atoms. The number of aromatic nitrogens is 4. The van der Waals surface area contributed by atoms with Crippen molar-refractivity contribution >= 4 is 17.1 Å². The third-order valence-electron chi connectivity index (χ3n) is 7.23. The number of aromatic amines is 1. The fraction of sp³-hybridized carbons (Fsp3) is 0.417. The number of nitrogens with zero attached hydrogens (tertiary/aromatic N) is 3. The Kier molecular flexibility index (Phi) is 4.09. The van der Waals surface area contributed by atoms with Crippen LogP contribution in [-0.2, 0) is 12.0 Å². The van der Waals surface area contributed by atoms with Crippen LogP contribution in [0.1, 0.15) is 55.2 Å². The largest absolute Gasteiger partial charge is 0.478 e. The van der Waals surface area contributed by atoms with Gasteiger partial charge in [-0.05, 0) is 68.2 Å². The zero-order chi connectivity index (χ0) is 22.0. The average molecular weight is 432 g/mol. The summed E-state index contributed by atoms with van der Waals surface area (Å²) in [6.07, 6.45) is 7.74. The minimum atomic E-state index is -1.01. The van der Waals surface area contributed by atoms with Gasteiger partial charge in [-0.1, -0.05) is 18.6 Å². The van der Waals surface area contributed by atoms with Gasteiger partial charge in [0, 0.05) is 6.54 Å². The van der Waals surface area contributed by atoms with Crippen LogP contribution >= 0.6 is 0 Å². The Morgan fingerprint density at radius 2 is 2.09 bits per heavy atom. The van der Waals surface area contributed by atoms with Gasteiger partial charge in [-0.25, -0.2) is 9.78 Å². The van der Waals surface area contributed by atoms with Crippen LogP contribution < -0.4 is 10.3 Å². The van der Waals surface area contributed by atoms with E-state index < -0.39 is 5.97 Å². The summed E-state index contributed by atoms with van der Waals surface area (Å²) in [4.78, 5) is 37.2. The SMILES string of the molecule is CCCn1c(Oc2ccc(C(=O)O)cc2)nc2nc(C34CC5C=C3CC(C5)C4)[nH]c2c1=O. The smallest absolute Gasteiger partial charge is 0.335 e. The van der Waals surface area contributed by atoms with Crippen molar-refractivity contribution in [1.29, 1.82) is 0 Å². The molecule has 2 N–H and O–H groups in total. The zero-order valence-electron chi connectivity index (χ0n) is 17.8. The third kappa shape index (κ3) is 2.75. The van der Waals surface area contributed by atoms with E-state index in [1.54, 1.807) is 12.1 Å². The second-order valence-electron chi connectivity index (χ2n) is 9.31. The molecule has 2 aromatic heterocycles. The van der Waals surface area contributed by atoms with Gasteiger partial charge in [0.05, 0.1) is 11.0 Å². The first-order chi connectivity index (χ1) is 15.5. The highest BCUT2D eigenvalue weighted by Crippen LogP contribution is 2.62. The molecular formula is C24H24N4O4. The number of hydrogen-bond donors (Lipinski definition) is 2. The molecule has 4 aliphatic rings. The van der Waals surface area contributed by atoms with Crippen molar-refractivity contribution in [2.45, 2.75) is 51.0 Å². The summed E-state index contributed by atoms with van der Waals surface area (Å²) in [5.74, 6) is 1.62. The lowest BCUT2D eigenvalue weighted by Crippen LogP contribution is -2.28. The van der Waals surface area contributed by atoms with Crippen LogP contribution in [0.5, 0.6) is 11.8 Å². The molecule has 164 valence electrons. The Hall–Kier alpha value is -3.42. The van der Waals surface area contributed by atoms with E-state index in [0.29, 0.717) is 29.4 Å². The van der Waals surface area contributed by atoms with Crippen LogP contribution in [0.4, 0.5) is 0 Å². The first kappa shape index (κ1) is 19.3. The quantitative estimate of drug-likeness (QED) is 0.570. The van der Waals surface area contributed by atoms with Gasteiger partial charge < -0.3 is 14.8 Å². The molecular weight excluding hydrogens is 408 g/mol. The van der Waals surface area contributed by atoms with Gasteiger partial charge in [-0.3, -0.25) is 9.36 Å². The Labute approximate surface area is 184 Å². The molecule has 0 saturated heterocycles. The van der Waals surface area contributed by atoms with E-state index in [1.165, 1.54) is 28.7 Å². The number of hydrogen-bond acceptors (Lipinski definition) is 5. The third-order valence-corrected chi connectivity index (χ3v) is 7.23. The van der Waals surface area contributed by atoms with E-state index in [-0.39, 0.29) is 22.5 Å². The van der Waals surface area contributed by atoms with Gasteiger partial charge in [-0.15, -0.1) is 0 Å². The summed E-state index contributed by atoms with van der Waals surface area (Å²) in [5, 5.41) is 9.10. The molecule has 8 heteroatoms. The summed E-state index contributed by atoms with van der Waals surface area (Å²) >= 11 is 0. The number of benzene rings is 1. The number of aromatic carboxylic acids is 1. The number of carboxylic acid groups (broad SMARTS) is 1. The molecule has 7 rings (SSSR count). The molecule has 3 aromatic rings. The molecule has 3 unspecified atom stereocenters. The zero-order valence-corrected chi connectivity index (χ0v) is 17.8. The maximum atomic E-state index is 13.3. The first-order valence-electron chi connectivity index (χ1n) is 11.2. The van der Waals surface area contributed by atoms with E-state index in [0.717, 1.165) is 37.4 Å². The van der Waals surface area contributed by atoms with Gasteiger partial charge in [0.25, 0.3) is 5.56 Å². The molecule has 2 saturated carbocycles. The van der Waals surface area contributed by atoms with Crippen molar-refractivity contribution in [2.24, 2.45) is 11.8 Å². The fourth-order valence-corrected chi connectivity index (χ4v) is 5.99. The maximum Gasteiger partial charge on any atom is 0.335 e. The second-order valence-corrected chi connectivity index (χ2v) is 9.31. The molecule has 0 amide bonds. The Balaban J connectivity index is 1.42. The summed E-state index contributed by atoms with van der Waals surface area (Å²) in [7, 11) is 0. The lowest BCUT2D eigenvalue weighted by atomic mass is 9.74. The molecule has 8 nitrogen and oxygen atoms in total. The number of H-pyrrole nitrogens is 1. The van der Waals surface area contributed by atoms with E-state index in [4.69, 9.17) is 14.8 Å². The number of fused-ring (bicyclic) bond motifs is 1. The lowest BCUT2D eigenvalue weighted by molar-refractivity contribution is 0.0697. The van der Waals surface area contributed by atoms with Crippen LogP contribution in [-0.4, -0.2) is 30.6 Å². The lowest BCUT2D eigenvalue weighted by Gasteiger charge is -2.30. The number of ether oxygens (including phenoxy) is 1. The molecule has 3 atom stereocenters. The summed E-state index contributed by atoms with van der Waals surface area (Å²) in [6, 6.07) is 6.21. The molecule has 1 aromatic carbocycles. The van der Waals surface area contributed by atoms with Crippen LogP contribution in [0.3, 0.4) is 0 Å².